The van der Waals surface area contributed by atoms with Crippen molar-refractivity contribution in [2.24, 2.45) is 11.1 Å². The van der Waals surface area contributed by atoms with Gasteiger partial charge in [0.25, 0.3) is 0 Å². The Morgan fingerprint density at radius 3 is 2.89 bits per heavy atom. The van der Waals surface area contributed by atoms with Crippen LogP contribution in [0.25, 0.3) is 0 Å². The van der Waals surface area contributed by atoms with E-state index in [9.17, 15) is 4.79 Å². The molecule has 0 radical (unpaired) electrons. The summed E-state index contributed by atoms with van der Waals surface area (Å²) < 4.78 is 0. The number of aromatic nitrogens is 1. The van der Waals surface area contributed by atoms with E-state index in [1.165, 1.54) is 5.56 Å². The summed E-state index contributed by atoms with van der Waals surface area (Å²) in [4.78, 5) is 17.5. The Bertz CT molecular complexity index is 477. The quantitative estimate of drug-likeness (QED) is 0.906. The van der Waals surface area contributed by atoms with Crippen LogP contribution in [0.1, 0.15) is 55.7 Å². The first-order valence-electron chi connectivity index (χ1n) is 7.45. The normalized spacial score (nSPS) is 25.0. The molecule has 3 nitrogen and oxygen atoms in total. The van der Waals surface area contributed by atoms with Crippen LogP contribution < -0.4 is 5.73 Å². The molecule has 1 atom stereocenters. The molecule has 0 bridgehead atoms. The number of pyridine rings is 1. The van der Waals surface area contributed by atoms with Gasteiger partial charge in [-0.05, 0) is 43.7 Å². The number of nitrogens with two attached hydrogens (primary N) is 1. The van der Waals surface area contributed by atoms with E-state index >= 15 is 0 Å². The molecule has 0 spiro atoms. The van der Waals surface area contributed by atoms with Gasteiger partial charge in [-0.1, -0.05) is 18.9 Å². The average molecular weight is 258 g/mol. The van der Waals surface area contributed by atoms with Gasteiger partial charge in [0.05, 0.1) is 11.6 Å². The van der Waals surface area contributed by atoms with Gasteiger partial charge in [0.1, 0.15) is 5.78 Å². The first kappa shape index (κ1) is 12.8. The summed E-state index contributed by atoms with van der Waals surface area (Å²) in [6.45, 7) is 0.504. The standard InChI is InChI=1S/C16H22N2O/c17-11-16(8-1-2-9-16)15(19)13-7-3-5-12-6-4-10-18-14(12)13/h4,6,10,13H,1-3,5,7-9,11,17H2. The Kier molecular flexibility index (Phi) is 3.40. The zero-order valence-corrected chi connectivity index (χ0v) is 11.4. The van der Waals surface area contributed by atoms with Crippen molar-refractivity contribution >= 4 is 5.78 Å². The molecule has 1 fully saturated rings. The fourth-order valence-corrected chi connectivity index (χ4v) is 3.84. The average Bonchev–Trinajstić information content (AvgIpc) is 2.96. The minimum Gasteiger partial charge on any atom is -0.329 e. The van der Waals surface area contributed by atoms with Crippen LogP contribution in [0, 0.1) is 5.41 Å². The van der Waals surface area contributed by atoms with Crippen LogP contribution >= 0.6 is 0 Å². The summed E-state index contributed by atoms with van der Waals surface area (Å²) in [5.74, 6) is 0.360. The summed E-state index contributed by atoms with van der Waals surface area (Å²) >= 11 is 0. The lowest BCUT2D eigenvalue weighted by Gasteiger charge is -2.32. The number of ketones is 1. The van der Waals surface area contributed by atoms with Crippen molar-refractivity contribution in [1.82, 2.24) is 4.98 Å². The predicted molar refractivity (Wildman–Crippen MR) is 74.9 cm³/mol. The van der Waals surface area contributed by atoms with E-state index in [0.717, 1.165) is 50.6 Å². The van der Waals surface area contributed by atoms with Gasteiger partial charge in [-0.2, -0.15) is 0 Å². The number of carbonyl (C=O) groups is 1. The van der Waals surface area contributed by atoms with Gasteiger partial charge in [-0.3, -0.25) is 9.78 Å². The highest BCUT2D eigenvalue weighted by Crippen LogP contribution is 2.44. The third-order valence-corrected chi connectivity index (χ3v) is 4.99. The zero-order chi connectivity index (χ0) is 13.3. The van der Waals surface area contributed by atoms with Crippen molar-refractivity contribution in [2.45, 2.75) is 50.9 Å². The minimum atomic E-state index is -0.253. The molecular weight excluding hydrogens is 236 g/mol. The lowest BCUT2D eigenvalue weighted by Crippen LogP contribution is -2.40. The van der Waals surface area contributed by atoms with Crippen molar-refractivity contribution in [2.75, 3.05) is 6.54 Å². The van der Waals surface area contributed by atoms with Crippen LogP contribution in [0.15, 0.2) is 18.3 Å². The minimum absolute atomic E-state index is 0.00778. The fraction of sp³-hybridized carbons (Fsp3) is 0.625. The van der Waals surface area contributed by atoms with E-state index < -0.39 is 0 Å². The maximum absolute atomic E-state index is 13.0. The van der Waals surface area contributed by atoms with Crippen molar-refractivity contribution in [3.05, 3.63) is 29.6 Å². The molecule has 1 aromatic rings. The van der Waals surface area contributed by atoms with Crippen LogP contribution in [0.3, 0.4) is 0 Å². The number of carbonyl (C=O) groups excluding carboxylic acids is 1. The number of rotatable bonds is 3. The molecule has 3 rings (SSSR count). The number of hydrogen-bond donors (Lipinski definition) is 1. The Balaban J connectivity index is 1.93. The molecule has 19 heavy (non-hydrogen) atoms. The number of fused-ring (bicyclic) bond motifs is 1. The van der Waals surface area contributed by atoms with Gasteiger partial charge in [0, 0.05) is 18.2 Å². The van der Waals surface area contributed by atoms with E-state index in [0.29, 0.717) is 12.3 Å². The number of hydrogen-bond acceptors (Lipinski definition) is 3. The highest BCUT2D eigenvalue weighted by Gasteiger charge is 2.44. The lowest BCUT2D eigenvalue weighted by molar-refractivity contribution is -0.130. The molecule has 3 heteroatoms. The summed E-state index contributed by atoms with van der Waals surface area (Å²) in [5.41, 5.74) is 7.99. The summed E-state index contributed by atoms with van der Waals surface area (Å²) in [7, 11) is 0. The molecule has 1 aromatic heterocycles. The maximum Gasteiger partial charge on any atom is 0.149 e. The Morgan fingerprint density at radius 1 is 1.37 bits per heavy atom. The van der Waals surface area contributed by atoms with Gasteiger partial charge >= 0.3 is 0 Å². The third kappa shape index (κ3) is 2.10. The van der Waals surface area contributed by atoms with E-state index in [-0.39, 0.29) is 11.3 Å². The summed E-state index contributed by atoms with van der Waals surface area (Å²) in [5, 5.41) is 0. The smallest absolute Gasteiger partial charge is 0.149 e. The molecular formula is C16H22N2O. The number of Topliss-reactive ketones (excluding diaryl/α,β-unsaturated/α-hetero) is 1. The second kappa shape index (κ2) is 5.04. The van der Waals surface area contributed by atoms with Crippen molar-refractivity contribution in [3.8, 4) is 0 Å². The number of nitrogens with zero attached hydrogens (tertiary/aromatic N) is 1. The van der Waals surface area contributed by atoms with Crippen LogP contribution in [0.5, 0.6) is 0 Å². The van der Waals surface area contributed by atoms with Crippen LogP contribution in [0.2, 0.25) is 0 Å². The highest BCUT2D eigenvalue weighted by atomic mass is 16.1. The summed E-state index contributed by atoms with van der Waals surface area (Å²) in [6, 6.07) is 4.09. The first-order valence-corrected chi connectivity index (χ1v) is 7.45. The van der Waals surface area contributed by atoms with Crippen molar-refractivity contribution in [1.29, 1.82) is 0 Å². The van der Waals surface area contributed by atoms with E-state index in [2.05, 4.69) is 11.1 Å². The molecule has 2 aliphatic carbocycles. The highest BCUT2D eigenvalue weighted by molar-refractivity contribution is 5.91. The zero-order valence-electron chi connectivity index (χ0n) is 11.4. The third-order valence-electron chi connectivity index (χ3n) is 4.99. The molecule has 0 saturated heterocycles. The van der Waals surface area contributed by atoms with Crippen LogP contribution in [-0.2, 0) is 11.2 Å². The predicted octanol–water partition coefficient (Wildman–Crippen LogP) is 2.59. The van der Waals surface area contributed by atoms with Crippen molar-refractivity contribution < 1.29 is 4.79 Å². The molecule has 1 unspecified atom stereocenters. The SMILES string of the molecule is NCC1(C(=O)C2CCCc3cccnc32)CCCC1. The molecule has 0 amide bonds. The summed E-state index contributed by atoms with van der Waals surface area (Å²) in [6.07, 6.45) is 9.15. The van der Waals surface area contributed by atoms with E-state index in [1.807, 2.05) is 12.3 Å². The van der Waals surface area contributed by atoms with Crippen molar-refractivity contribution in [3.63, 3.8) is 0 Å². The van der Waals surface area contributed by atoms with Gasteiger partial charge in [0.15, 0.2) is 0 Å². The Hall–Kier alpha value is -1.22. The molecule has 1 heterocycles. The largest absolute Gasteiger partial charge is 0.329 e. The first-order chi connectivity index (χ1) is 9.27. The van der Waals surface area contributed by atoms with E-state index in [4.69, 9.17) is 5.73 Å². The monoisotopic (exact) mass is 258 g/mol. The topological polar surface area (TPSA) is 56.0 Å². The molecule has 2 aliphatic rings. The molecule has 2 N–H and O–H groups in total. The van der Waals surface area contributed by atoms with Crippen LogP contribution in [0.4, 0.5) is 0 Å². The van der Waals surface area contributed by atoms with Gasteiger partial charge in [0.2, 0.25) is 0 Å². The van der Waals surface area contributed by atoms with Gasteiger partial charge < -0.3 is 5.73 Å². The second-order valence-corrected chi connectivity index (χ2v) is 6.05. The maximum atomic E-state index is 13.0. The molecule has 102 valence electrons. The second-order valence-electron chi connectivity index (χ2n) is 6.05. The lowest BCUT2D eigenvalue weighted by atomic mass is 9.71. The Labute approximate surface area is 114 Å². The number of aryl methyl sites for hydroxylation is 1. The molecule has 0 aromatic carbocycles. The van der Waals surface area contributed by atoms with Gasteiger partial charge in [-0.25, -0.2) is 0 Å². The van der Waals surface area contributed by atoms with Gasteiger partial charge in [-0.15, -0.1) is 0 Å². The fourth-order valence-electron chi connectivity index (χ4n) is 3.84. The van der Waals surface area contributed by atoms with Crippen LogP contribution in [-0.4, -0.2) is 17.3 Å². The van der Waals surface area contributed by atoms with E-state index in [1.54, 1.807) is 0 Å². The molecule has 0 aliphatic heterocycles. The Morgan fingerprint density at radius 2 is 2.16 bits per heavy atom. The molecule has 1 saturated carbocycles.